The van der Waals surface area contributed by atoms with Crippen LogP contribution in [0.1, 0.15) is 5.56 Å². The lowest BCUT2D eigenvalue weighted by molar-refractivity contribution is 0.590. The summed E-state index contributed by atoms with van der Waals surface area (Å²) in [4.78, 5) is 3.73. The van der Waals surface area contributed by atoms with E-state index in [1.807, 2.05) is 0 Å². The number of rotatable bonds is 1. The maximum atomic E-state index is 13.2. The van der Waals surface area contributed by atoms with Crippen molar-refractivity contribution in [3.8, 4) is 11.3 Å². The Morgan fingerprint density at radius 2 is 2.21 bits per heavy atom. The van der Waals surface area contributed by atoms with Crippen molar-refractivity contribution < 1.29 is 8.81 Å². The van der Waals surface area contributed by atoms with Crippen LogP contribution >= 0.6 is 0 Å². The van der Waals surface area contributed by atoms with E-state index in [4.69, 9.17) is 10.2 Å². The highest BCUT2D eigenvalue weighted by Gasteiger charge is 2.06. The van der Waals surface area contributed by atoms with Crippen LogP contribution < -0.4 is 5.73 Å². The summed E-state index contributed by atoms with van der Waals surface area (Å²) in [7, 11) is 0. The van der Waals surface area contributed by atoms with Gasteiger partial charge >= 0.3 is 0 Å². The molecule has 0 aliphatic heterocycles. The Bertz CT molecular complexity index is 465. The highest BCUT2D eigenvalue weighted by atomic mass is 19.1. The molecule has 0 aliphatic carbocycles. The molecule has 0 spiro atoms. The first-order chi connectivity index (χ1) is 6.66. The molecule has 72 valence electrons. The summed E-state index contributed by atoms with van der Waals surface area (Å²) in [6.07, 6.45) is 1.47. The molecule has 2 aromatic rings. The van der Waals surface area contributed by atoms with Gasteiger partial charge in [0.05, 0.1) is 6.20 Å². The molecule has 0 fully saturated rings. The third-order valence-corrected chi connectivity index (χ3v) is 1.98. The maximum Gasteiger partial charge on any atom is 0.292 e. The van der Waals surface area contributed by atoms with Crippen LogP contribution in [0.25, 0.3) is 11.3 Å². The minimum atomic E-state index is -0.266. The smallest absolute Gasteiger partial charge is 0.292 e. The van der Waals surface area contributed by atoms with Crippen LogP contribution in [0, 0.1) is 12.7 Å². The van der Waals surface area contributed by atoms with E-state index in [2.05, 4.69) is 4.98 Å². The van der Waals surface area contributed by atoms with Crippen molar-refractivity contribution in [1.29, 1.82) is 0 Å². The molecular weight excluding hydrogens is 183 g/mol. The summed E-state index contributed by atoms with van der Waals surface area (Å²) in [6, 6.07) is 4.93. The first kappa shape index (κ1) is 8.74. The number of aromatic nitrogens is 1. The zero-order valence-electron chi connectivity index (χ0n) is 7.62. The Hall–Kier alpha value is -1.84. The average Bonchev–Trinajstić information content (AvgIpc) is 2.57. The number of nitrogen functional groups attached to an aromatic ring is 1. The molecule has 0 aliphatic rings. The fourth-order valence-electron chi connectivity index (χ4n) is 1.17. The molecule has 2 N–H and O–H groups in total. The molecule has 4 heteroatoms. The Balaban J connectivity index is 2.47. The van der Waals surface area contributed by atoms with Crippen LogP contribution in [-0.2, 0) is 0 Å². The average molecular weight is 192 g/mol. The molecule has 0 saturated carbocycles. The molecule has 1 aromatic carbocycles. The van der Waals surface area contributed by atoms with E-state index < -0.39 is 0 Å². The van der Waals surface area contributed by atoms with Gasteiger partial charge in [0.25, 0.3) is 6.01 Å². The molecule has 0 atom stereocenters. The molecule has 1 heterocycles. The largest absolute Gasteiger partial charge is 0.424 e. The summed E-state index contributed by atoms with van der Waals surface area (Å²) < 4.78 is 18.2. The third kappa shape index (κ3) is 1.46. The second kappa shape index (κ2) is 3.14. The van der Waals surface area contributed by atoms with Gasteiger partial charge in [-0.2, -0.15) is 0 Å². The fraction of sp³-hybridized carbons (Fsp3) is 0.100. The van der Waals surface area contributed by atoms with Crippen molar-refractivity contribution in [2.75, 3.05) is 5.73 Å². The molecule has 0 unspecified atom stereocenters. The lowest BCUT2D eigenvalue weighted by Crippen LogP contribution is -1.83. The monoisotopic (exact) mass is 192 g/mol. The second-order valence-corrected chi connectivity index (χ2v) is 3.03. The normalized spacial score (nSPS) is 10.4. The number of hydrogen-bond donors (Lipinski definition) is 1. The second-order valence-electron chi connectivity index (χ2n) is 3.03. The third-order valence-electron chi connectivity index (χ3n) is 1.98. The molecule has 0 radical (unpaired) electrons. The van der Waals surface area contributed by atoms with E-state index in [-0.39, 0.29) is 11.8 Å². The van der Waals surface area contributed by atoms with Crippen LogP contribution in [0.15, 0.2) is 28.8 Å². The molecule has 0 amide bonds. The number of oxazole rings is 1. The lowest BCUT2D eigenvalue weighted by atomic mass is 10.1. The predicted octanol–water partition coefficient (Wildman–Crippen LogP) is 2.37. The van der Waals surface area contributed by atoms with Gasteiger partial charge in [-0.25, -0.2) is 9.37 Å². The van der Waals surface area contributed by atoms with Gasteiger partial charge in [-0.3, -0.25) is 0 Å². The molecular formula is C10H9FN2O. The Labute approximate surface area is 80.4 Å². The van der Waals surface area contributed by atoms with Crippen LogP contribution in [0.2, 0.25) is 0 Å². The van der Waals surface area contributed by atoms with E-state index in [1.165, 1.54) is 12.3 Å². The van der Waals surface area contributed by atoms with Gasteiger partial charge in [0.2, 0.25) is 0 Å². The summed E-state index contributed by atoms with van der Waals surface area (Å²) in [6.45, 7) is 1.70. The van der Waals surface area contributed by atoms with Gasteiger partial charge in [-0.1, -0.05) is 12.1 Å². The van der Waals surface area contributed by atoms with Crippen molar-refractivity contribution in [3.63, 3.8) is 0 Å². The number of benzene rings is 1. The molecule has 3 nitrogen and oxygen atoms in total. The lowest BCUT2D eigenvalue weighted by Gasteiger charge is -1.98. The SMILES string of the molecule is Cc1ccc(-c2cnc(N)o2)cc1F. The van der Waals surface area contributed by atoms with Gasteiger partial charge in [-0.15, -0.1) is 0 Å². The van der Waals surface area contributed by atoms with Crippen molar-refractivity contribution in [2.45, 2.75) is 6.92 Å². The minimum absolute atomic E-state index is 0.0842. The van der Waals surface area contributed by atoms with Crippen LogP contribution in [0.4, 0.5) is 10.4 Å². The molecule has 0 saturated heterocycles. The Morgan fingerprint density at radius 3 is 2.79 bits per heavy atom. The number of anilines is 1. The molecule has 1 aromatic heterocycles. The Morgan fingerprint density at radius 1 is 1.43 bits per heavy atom. The minimum Gasteiger partial charge on any atom is -0.424 e. The number of aryl methyl sites for hydroxylation is 1. The quantitative estimate of drug-likeness (QED) is 0.754. The van der Waals surface area contributed by atoms with Gasteiger partial charge in [0.1, 0.15) is 5.82 Å². The van der Waals surface area contributed by atoms with Crippen LogP contribution in [0.3, 0.4) is 0 Å². The summed E-state index contributed by atoms with van der Waals surface area (Å²) >= 11 is 0. The summed E-state index contributed by atoms with van der Waals surface area (Å²) in [5, 5.41) is 0. The Kier molecular flexibility index (Phi) is 1.96. The van der Waals surface area contributed by atoms with Gasteiger partial charge in [0.15, 0.2) is 5.76 Å². The summed E-state index contributed by atoms with van der Waals surface area (Å²) in [5.74, 6) is 0.207. The number of nitrogens with zero attached hydrogens (tertiary/aromatic N) is 1. The van der Waals surface area contributed by atoms with E-state index in [0.29, 0.717) is 16.9 Å². The van der Waals surface area contributed by atoms with E-state index in [9.17, 15) is 4.39 Å². The first-order valence-corrected chi connectivity index (χ1v) is 4.14. The topological polar surface area (TPSA) is 52.0 Å². The van der Waals surface area contributed by atoms with Crippen molar-refractivity contribution >= 4 is 6.01 Å². The maximum absolute atomic E-state index is 13.2. The summed E-state index contributed by atoms with van der Waals surface area (Å²) in [5.41, 5.74) is 6.55. The van der Waals surface area contributed by atoms with Crippen LogP contribution in [-0.4, -0.2) is 4.98 Å². The first-order valence-electron chi connectivity index (χ1n) is 4.14. The van der Waals surface area contributed by atoms with Crippen molar-refractivity contribution in [2.24, 2.45) is 0 Å². The zero-order chi connectivity index (χ0) is 10.1. The molecule has 2 rings (SSSR count). The van der Waals surface area contributed by atoms with E-state index in [0.717, 1.165) is 0 Å². The standard InChI is InChI=1S/C10H9FN2O/c1-6-2-3-7(4-8(6)11)9-5-13-10(12)14-9/h2-5H,1H3,(H2,12,13). The number of halogens is 1. The highest BCUT2D eigenvalue weighted by molar-refractivity contribution is 5.57. The highest BCUT2D eigenvalue weighted by Crippen LogP contribution is 2.22. The fourth-order valence-corrected chi connectivity index (χ4v) is 1.17. The van der Waals surface area contributed by atoms with Gasteiger partial charge in [0, 0.05) is 5.56 Å². The molecule has 14 heavy (non-hydrogen) atoms. The van der Waals surface area contributed by atoms with Crippen molar-refractivity contribution in [3.05, 3.63) is 35.8 Å². The predicted molar refractivity (Wildman–Crippen MR) is 51.0 cm³/mol. The van der Waals surface area contributed by atoms with Gasteiger partial charge in [-0.05, 0) is 18.6 Å². The van der Waals surface area contributed by atoms with Crippen LogP contribution in [0.5, 0.6) is 0 Å². The van der Waals surface area contributed by atoms with Crippen molar-refractivity contribution in [1.82, 2.24) is 4.98 Å². The van der Waals surface area contributed by atoms with Gasteiger partial charge < -0.3 is 10.2 Å². The number of hydrogen-bond acceptors (Lipinski definition) is 3. The number of nitrogens with two attached hydrogens (primary N) is 1. The molecule has 0 bridgehead atoms. The zero-order valence-corrected chi connectivity index (χ0v) is 7.62. The van der Waals surface area contributed by atoms with E-state index in [1.54, 1.807) is 19.1 Å². The van der Waals surface area contributed by atoms with E-state index >= 15 is 0 Å².